The second-order valence-corrected chi connectivity index (χ2v) is 6.90. The van der Waals surface area contributed by atoms with Crippen LogP contribution in [0.5, 0.6) is 5.75 Å². The monoisotopic (exact) mass is 385 g/mol. The number of guanidine groups is 1. The number of amides is 1. The fourth-order valence-electron chi connectivity index (χ4n) is 3.38. The van der Waals surface area contributed by atoms with Gasteiger partial charge in [0.15, 0.2) is 0 Å². The molecule has 27 heavy (non-hydrogen) atoms. The predicted molar refractivity (Wildman–Crippen MR) is 103 cm³/mol. The molecular weight excluding hydrogens is 366 g/mol. The molecule has 0 radical (unpaired) electrons. The Morgan fingerprint density at radius 2 is 2.04 bits per heavy atom. The zero-order chi connectivity index (χ0) is 18.8. The maximum atomic E-state index is 12.5. The lowest BCUT2D eigenvalue weighted by Gasteiger charge is -2.29. The van der Waals surface area contributed by atoms with Gasteiger partial charge >= 0.3 is 0 Å². The van der Waals surface area contributed by atoms with E-state index in [2.05, 4.69) is 10.3 Å². The molecular formula is C20H20ClN3O3. The molecule has 2 aromatic carbocycles. The van der Waals surface area contributed by atoms with E-state index in [1.165, 1.54) is 0 Å². The Morgan fingerprint density at radius 3 is 2.81 bits per heavy atom. The van der Waals surface area contributed by atoms with Crippen molar-refractivity contribution in [1.29, 1.82) is 0 Å². The number of fused-ring (bicyclic) bond motifs is 2. The Kier molecular flexibility index (Phi) is 5.01. The van der Waals surface area contributed by atoms with Gasteiger partial charge in [-0.25, -0.2) is 4.99 Å². The molecule has 2 aromatic rings. The first-order valence-electron chi connectivity index (χ1n) is 8.95. The Labute approximate surface area is 162 Å². The second kappa shape index (κ2) is 7.58. The number of rotatable bonds is 6. The maximum Gasteiger partial charge on any atom is 0.254 e. The highest BCUT2D eigenvalue weighted by Crippen LogP contribution is 2.41. The number of aliphatic imine (C=N–C) groups is 1. The zero-order valence-electron chi connectivity index (χ0n) is 14.7. The van der Waals surface area contributed by atoms with Crippen molar-refractivity contribution in [3.8, 4) is 5.75 Å². The first-order valence-corrected chi connectivity index (χ1v) is 9.33. The van der Waals surface area contributed by atoms with Gasteiger partial charge in [-0.15, -0.1) is 0 Å². The van der Waals surface area contributed by atoms with Crippen LogP contribution in [0.3, 0.4) is 0 Å². The summed E-state index contributed by atoms with van der Waals surface area (Å²) < 4.78 is 5.76. The normalized spacial score (nSPS) is 17.9. The van der Waals surface area contributed by atoms with Gasteiger partial charge in [-0.3, -0.25) is 10.1 Å². The van der Waals surface area contributed by atoms with Crippen molar-refractivity contribution >= 4 is 29.2 Å². The minimum absolute atomic E-state index is 0.0932. The van der Waals surface area contributed by atoms with E-state index in [0.717, 1.165) is 23.2 Å². The van der Waals surface area contributed by atoms with E-state index in [1.54, 1.807) is 6.07 Å². The lowest BCUT2D eigenvalue weighted by Crippen LogP contribution is -2.33. The summed E-state index contributed by atoms with van der Waals surface area (Å²) in [7, 11) is 0. The molecule has 6 nitrogen and oxygen atoms in total. The minimum atomic E-state index is -0.428. The SMILES string of the molecule is O=C1NC2=Nc3ccc(OCCCCO)c(Cl)c3CN2C1c1ccccc1. The van der Waals surface area contributed by atoms with Crippen molar-refractivity contribution in [1.82, 2.24) is 10.2 Å². The van der Waals surface area contributed by atoms with Crippen molar-refractivity contribution in [2.24, 2.45) is 4.99 Å². The van der Waals surface area contributed by atoms with Gasteiger partial charge in [0.2, 0.25) is 5.96 Å². The van der Waals surface area contributed by atoms with Crippen LogP contribution in [0.1, 0.15) is 30.0 Å². The Bertz CT molecular complexity index is 886. The summed E-state index contributed by atoms with van der Waals surface area (Å²) in [6.07, 6.45) is 1.45. The number of carbonyl (C=O) groups excluding carboxylic acids is 1. The van der Waals surface area contributed by atoms with Crippen LogP contribution >= 0.6 is 11.6 Å². The van der Waals surface area contributed by atoms with Crippen LogP contribution < -0.4 is 10.1 Å². The van der Waals surface area contributed by atoms with Crippen molar-refractivity contribution in [3.63, 3.8) is 0 Å². The van der Waals surface area contributed by atoms with E-state index < -0.39 is 6.04 Å². The quantitative estimate of drug-likeness (QED) is 0.749. The average molecular weight is 386 g/mol. The molecule has 140 valence electrons. The van der Waals surface area contributed by atoms with Gasteiger partial charge in [-0.1, -0.05) is 41.9 Å². The number of benzene rings is 2. The van der Waals surface area contributed by atoms with Gasteiger partial charge in [0.05, 0.1) is 23.9 Å². The average Bonchev–Trinajstić information content (AvgIpc) is 3.01. The molecule has 0 spiro atoms. The highest BCUT2D eigenvalue weighted by Gasteiger charge is 2.40. The summed E-state index contributed by atoms with van der Waals surface area (Å²) in [4.78, 5) is 19.0. The number of hydrogen-bond donors (Lipinski definition) is 2. The maximum absolute atomic E-state index is 12.5. The fraction of sp³-hybridized carbons (Fsp3) is 0.300. The van der Waals surface area contributed by atoms with Gasteiger partial charge in [-0.05, 0) is 30.5 Å². The number of unbranched alkanes of at least 4 members (excludes halogenated alkanes) is 1. The highest BCUT2D eigenvalue weighted by atomic mass is 35.5. The van der Waals surface area contributed by atoms with Crippen molar-refractivity contribution in [2.45, 2.75) is 25.4 Å². The third-order valence-corrected chi connectivity index (χ3v) is 5.14. The van der Waals surface area contributed by atoms with Crippen molar-refractivity contribution < 1.29 is 14.6 Å². The van der Waals surface area contributed by atoms with E-state index in [1.807, 2.05) is 41.3 Å². The number of nitrogens with zero attached hydrogens (tertiary/aromatic N) is 2. The molecule has 0 aromatic heterocycles. The molecule has 1 saturated heterocycles. The lowest BCUT2D eigenvalue weighted by molar-refractivity contribution is -0.121. The summed E-state index contributed by atoms with van der Waals surface area (Å²) in [5.74, 6) is 1.06. The highest BCUT2D eigenvalue weighted by molar-refractivity contribution is 6.33. The summed E-state index contributed by atoms with van der Waals surface area (Å²) in [5.41, 5.74) is 2.50. The zero-order valence-corrected chi connectivity index (χ0v) is 15.4. The van der Waals surface area contributed by atoms with Crippen LogP contribution in [-0.4, -0.2) is 35.1 Å². The number of hydrogen-bond acceptors (Lipinski definition) is 5. The van der Waals surface area contributed by atoms with Crippen molar-refractivity contribution in [2.75, 3.05) is 13.2 Å². The van der Waals surface area contributed by atoms with Crippen molar-refractivity contribution in [3.05, 3.63) is 58.6 Å². The first kappa shape index (κ1) is 17.8. The standard InChI is InChI=1S/C20H20ClN3O3/c21-17-14-12-24-18(13-6-2-1-3-7-13)19(26)23-20(24)22-15(14)8-9-16(17)27-11-5-4-10-25/h1-3,6-9,18,25H,4-5,10-12H2,(H,22,23,26). The molecule has 1 fully saturated rings. The number of aliphatic hydroxyl groups is 1. The topological polar surface area (TPSA) is 74.2 Å². The number of nitrogens with one attached hydrogen (secondary N) is 1. The third-order valence-electron chi connectivity index (χ3n) is 4.73. The Morgan fingerprint density at radius 1 is 1.22 bits per heavy atom. The summed E-state index contributed by atoms with van der Waals surface area (Å²) in [6.45, 7) is 1.11. The summed E-state index contributed by atoms with van der Waals surface area (Å²) in [6, 6.07) is 12.9. The van der Waals surface area contributed by atoms with E-state index in [0.29, 0.717) is 36.3 Å². The van der Waals surface area contributed by atoms with Gasteiger partial charge < -0.3 is 14.7 Å². The molecule has 0 saturated carbocycles. The summed E-state index contributed by atoms with van der Waals surface area (Å²) in [5, 5.41) is 12.3. The molecule has 2 heterocycles. The predicted octanol–water partition coefficient (Wildman–Crippen LogP) is 3.17. The molecule has 0 bridgehead atoms. The number of carbonyl (C=O) groups is 1. The lowest BCUT2D eigenvalue weighted by atomic mass is 10.0. The number of ether oxygens (including phenoxy) is 1. The minimum Gasteiger partial charge on any atom is -0.492 e. The van der Waals surface area contributed by atoms with Crippen LogP contribution in [0.25, 0.3) is 0 Å². The molecule has 1 amide bonds. The van der Waals surface area contributed by atoms with Gasteiger partial charge in [0, 0.05) is 12.2 Å². The third kappa shape index (κ3) is 3.38. The molecule has 1 atom stereocenters. The van der Waals surface area contributed by atoms with Gasteiger partial charge in [-0.2, -0.15) is 0 Å². The van der Waals surface area contributed by atoms with E-state index in [-0.39, 0.29) is 12.5 Å². The smallest absolute Gasteiger partial charge is 0.254 e. The fourth-order valence-corrected chi connectivity index (χ4v) is 3.65. The molecule has 0 aliphatic carbocycles. The molecule has 2 aliphatic heterocycles. The van der Waals surface area contributed by atoms with Gasteiger partial charge in [0.25, 0.3) is 5.91 Å². The van der Waals surface area contributed by atoms with E-state index >= 15 is 0 Å². The molecule has 4 rings (SSSR count). The van der Waals surface area contributed by atoms with Crippen LogP contribution in [0.15, 0.2) is 47.5 Å². The van der Waals surface area contributed by atoms with Gasteiger partial charge in [0.1, 0.15) is 11.8 Å². The molecule has 1 unspecified atom stereocenters. The Balaban J connectivity index is 1.61. The van der Waals surface area contributed by atoms with Crippen LogP contribution in [-0.2, 0) is 11.3 Å². The number of halogens is 1. The number of aliphatic hydroxyl groups excluding tert-OH is 1. The summed E-state index contributed by atoms with van der Waals surface area (Å²) >= 11 is 6.58. The van der Waals surface area contributed by atoms with Crippen LogP contribution in [0.4, 0.5) is 5.69 Å². The van der Waals surface area contributed by atoms with E-state index in [4.69, 9.17) is 21.4 Å². The molecule has 7 heteroatoms. The van der Waals surface area contributed by atoms with Crippen LogP contribution in [0.2, 0.25) is 5.02 Å². The first-order chi connectivity index (χ1) is 13.2. The van der Waals surface area contributed by atoms with Crippen LogP contribution in [0, 0.1) is 0 Å². The molecule has 2 aliphatic rings. The largest absolute Gasteiger partial charge is 0.492 e. The second-order valence-electron chi connectivity index (χ2n) is 6.52. The van der Waals surface area contributed by atoms with E-state index in [9.17, 15) is 4.79 Å². The Hall–Kier alpha value is -2.57. The molecule has 2 N–H and O–H groups in total.